The van der Waals surface area contributed by atoms with Crippen molar-refractivity contribution in [3.8, 4) is 5.82 Å². The van der Waals surface area contributed by atoms with Gasteiger partial charge in [-0.05, 0) is 44.2 Å². The zero-order valence-electron chi connectivity index (χ0n) is 16.0. The highest BCUT2D eigenvalue weighted by atomic mass is 16.1. The quantitative estimate of drug-likeness (QED) is 0.722. The summed E-state index contributed by atoms with van der Waals surface area (Å²) in [7, 11) is 0. The smallest absolute Gasteiger partial charge is 0.257 e. The van der Waals surface area contributed by atoms with Gasteiger partial charge in [0.15, 0.2) is 5.82 Å². The summed E-state index contributed by atoms with van der Waals surface area (Å²) in [5.41, 5.74) is 3.07. The Morgan fingerprint density at radius 3 is 2.39 bits per heavy atom. The summed E-state index contributed by atoms with van der Waals surface area (Å²) < 4.78 is 1.76. The van der Waals surface area contributed by atoms with E-state index in [-0.39, 0.29) is 5.91 Å². The third-order valence-electron chi connectivity index (χ3n) is 4.68. The van der Waals surface area contributed by atoms with E-state index in [1.807, 2.05) is 32.0 Å². The van der Waals surface area contributed by atoms with Crippen LogP contribution in [0.1, 0.15) is 21.7 Å². The monoisotopic (exact) mass is 377 g/mol. The second-order valence-electron chi connectivity index (χ2n) is 6.84. The Balaban J connectivity index is 1.42. The van der Waals surface area contributed by atoms with Gasteiger partial charge in [0.2, 0.25) is 0 Å². The van der Waals surface area contributed by atoms with Crippen molar-refractivity contribution in [3.05, 3.63) is 59.7 Å². The maximum absolute atomic E-state index is 12.5. The highest BCUT2D eigenvalue weighted by Gasteiger charge is 2.13. The molecule has 0 aromatic carbocycles. The molecule has 4 heterocycles. The molecule has 3 aromatic heterocycles. The van der Waals surface area contributed by atoms with Crippen LogP contribution in [0.3, 0.4) is 0 Å². The molecule has 2 N–H and O–H groups in total. The highest BCUT2D eigenvalue weighted by Crippen LogP contribution is 2.16. The molecule has 0 radical (unpaired) electrons. The zero-order chi connectivity index (χ0) is 19.5. The van der Waals surface area contributed by atoms with Crippen molar-refractivity contribution in [1.82, 2.24) is 25.1 Å². The Morgan fingerprint density at radius 2 is 1.79 bits per heavy atom. The standard InChI is InChI=1S/C20H23N7O/c1-14-11-15(2)27(25-14)19-5-3-16(12-22-19)20(28)24-17-4-6-18(23-13-17)26-9-7-21-8-10-26/h3-6,11-13,21H,7-10H2,1-2H3,(H,24,28). The first-order chi connectivity index (χ1) is 13.6. The minimum atomic E-state index is -0.218. The molecule has 4 rings (SSSR count). The van der Waals surface area contributed by atoms with Crippen LogP contribution in [-0.2, 0) is 0 Å². The maximum atomic E-state index is 12.5. The van der Waals surface area contributed by atoms with Gasteiger partial charge in [0.1, 0.15) is 5.82 Å². The lowest BCUT2D eigenvalue weighted by atomic mass is 10.2. The lowest BCUT2D eigenvalue weighted by Crippen LogP contribution is -2.43. The van der Waals surface area contributed by atoms with Crippen LogP contribution in [0.2, 0.25) is 0 Å². The summed E-state index contributed by atoms with van der Waals surface area (Å²) >= 11 is 0. The topological polar surface area (TPSA) is 88.0 Å². The van der Waals surface area contributed by atoms with Gasteiger partial charge in [0.25, 0.3) is 5.91 Å². The number of aryl methyl sites for hydroxylation is 2. The van der Waals surface area contributed by atoms with Crippen LogP contribution in [0, 0.1) is 13.8 Å². The first-order valence-electron chi connectivity index (χ1n) is 9.33. The molecule has 1 fully saturated rings. The van der Waals surface area contributed by atoms with E-state index < -0.39 is 0 Å². The number of carbonyl (C=O) groups is 1. The Bertz CT molecular complexity index is 957. The summed E-state index contributed by atoms with van der Waals surface area (Å²) in [6.07, 6.45) is 3.25. The number of amides is 1. The van der Waals surface area contributed by atoms with Crippen molar-refractivity contribution < 1.29 is 4.79 Å². The van der Waals surface area contributed by atoms with E-state index in [1.54, 1.807) is 29.2 Å². The highest BCUT2D eigenvalue weighted by molar-refractivity contribution is 6.04. The van der Waals surface area contributed by atoms with E-state index in [2.05, 4.69) is 30.6 Å². The average Bonchev–Trinajstić information content (AvgIpc) is 3.07. The largest absolute Gasteiger partial charge is 0.354 e. The van der Waals surface area contributed by atoms with Crippen LogP contribution < -0.4 is 15.5 Å². The first kappa shape index (κ1) is 18.1. The van der Waals surface area contributed by atoms with Crippen molar-refractivity contribution in [1.29, 1.82) is 0 Å². The fourth-order valence-electron chi connectivity index (χ4n) is 3.25. The molecule has 1 saturated heterocycles. The Kier molecular flexibility index (Phi) is 5.03. The number of carbonyl (C=O) groups excluding carboxylic acids is 1. The fourth-order valence-corrected chi connectivity index (χ4v) is 3.25. The minimum Gasteiger partial charge on any atom is -0.354 e. The third-order valence-corrected chi connectivity index (χ3v) is 4.68. The van der Waals surface area contributed by atoms with Crippen LogP contribution in [0.25, 0.3) is 5.82 Å². The SMILES string of the molecule is Cc1cc(C)n(-c2ccc(C(=O)Nc3ccc(N4CCNCC4)nc3)cn2)n1. The third kappa shape index (κ3) is 3.86. The van der Waals surface area contributed by atoms with E-state index in [0.717, 1.165) is 43.4 Å². The van der Waals surface area contributed by atoms with Crippen molar-refractivity contribution in [3.63, 3.8) is 0 Å². The lowest BCUT2D eigenvalue weighted by Gasteiger charge is -2.28. The van der Waals surface area contributed by atoms with Crippen LogP contribution in [-0.4, -0.2) is 51.8 Å². The number of rotatable bonds is 4. The minimum absolute atomic E-state index is 0.218. The van der Waals surface area contributed by atoms with Gasteiger partial charge in [-0.15, -0.1) is 0 Å². The number of aromatic nitrogens is 4. The Hall–Kier alpha value is -3.26. The van der Waals surface area contributed by atoms with E-state index in [1.165, 1.54) is 0 Å². The second kappa shape index (κ2) is 7.77. The molecule has 0 spiro atoms. The van der Waals surface area contributed by atoms with Gasteiger partial charge in [-0.1, -0.05) is 0 Å². The first-order valence-corrected chi connectivity index (χ1v) is 9.33. The molecule has 1 aliphatic rings. The van der Waals surface area contributed by atoms with Crippen LogP contribution >= 0.6 is 0 Å². The molecule has 144 valence electrons. The number of pyridine rings is 2. The van der Waals surface area contributed by atoms with Gasteiger partial charge in [0, 0.05) is 38.1 Å². The molecular formula is C20H23N7O. The number of hydrogen-bond donors (Lipinski definition) is 2. The fraction of sp³-hybridized carbons (Fsp3) is 0.300. The molecule has 1 amide bonds. The molecule has 1 aliphatic heterocycles. The number of piperazine rings is 1. The molecule has 3 aromatic rings. The molecule has 28 heavy (non-hydrogen) atoms. The van der Waals surface area contributed by atoms with E-state index >= 15 is 0 Å². The maximum Gasteiger partial charge on any atom is 0.257 e. The molecule has 0 aliphatic carbocycles. The predicted molar refractivity (Wildman–Crippen MR) is 108 cm³/mol. The molecule has 0 unspecified atom stereocenters. The van der Waals surface area contributed by atoms with Gasteiger partial charge >= 0.3 is 0 Å². The van der Waals surface area contributed by atoms with Gasteiger partial charge in [0.05, 0.1) is 23.1 Å². The Labute approximate surface area is 163 Å². The number of nitrogens with zero attached hydrogens (tertiary/aromatic N) is 5. The number of hydrogen-bond acceptors (Lipinski definition) is 6. The molecule has 0 atom stereocenters. The summed E-state index contributed by atoms with van der Waals surface area (Å²) in [5.74, 6) is 1.39. The summed E-state index contributed by atoms with van der Waals surface area (Å²) in [6.45, 7) is 7.70. The van der Waals surface area contributed by atoms with E-state index in [0.29, 0.717) is 17.1 Å². The predicted octanol–water partition coefficient (Wildman–Crippen LogP) is 1.94. The van der Waals surface area contributed by atoms with Crippen LogP contribution in [0.5, 0.6) is 0 Å². The molecular weight excluding hydrogens is 354 g/mol. The zero-order valence-corrected chi connectivity index (χ0v) is 16.0. The Morgan fingerprint density at radius 1 is 1.04 bits per heavy atom. The van der Waals surface area contributed by atoms with Crippen LogP contribution in [0.4, 0.5) is 11.5 Å². The second-order valence-corrected chi connectivity index (χ2v) is 6.84. The van der Waals surface area contributed by atoms with E-state index in [9.17, 15) is 4.79 Å². The van der Waals surface area contributed by atoms with Crippen LogP contribution in [0.15, 0.2) is 42.7 Å². The van der Waals surface area contributed by atoms with Crippen molar-refractivity contribution >= 4 is 17.4 Å². The summed E-state index contributed by atoms with van der Waals surface area (Å²) in [6, 6.07) is 9.33. The van der Waals surface area contributed by atoms with E-state index in [4.69, 9.17) is 0 Å². The van der Waals surface area contributed by atoms with Gasteiger partial charge < -0.3 is 15.5 Å². The molecule has 8 heteroatoms. The molecule has 0 saturated carbocycles. The van der Waals surface area contributed by atoms with Gasteiger partial charge in [-0.3, -0.25) is 4.79 Å². The van der Waals surface area contributed by atoms with Crippen molar-refractivity contribution in [2.24, 2.45) is 0 Å². The van der Waals surface area contributed by atoms with Crippen molar-refractivity contribution in [2.75, 3.05) is 36.4 Å². The van der Waals surface area contributed by atoms with Gasteiger partial charge in [-0.2, -0.15) is 5.10 Å². The molecule has 0 bridgehead atoms. The summed E-state index contributed by atoms with van der Waals surface area (Å²) in [5, 5.41) is 10.6. The lowest BCUT2D eigenvalue weighted by molar-refractivity contribution is 0.102. The number of anilines is 2. The summed E-state index contributed by atoms with van der Waals surface area (Å²) in [4.78, 5) is 23.6. The van der Waals surface area contributed by atoms with Gasteiger partial charge in [-0.25, -0.2) is 14.6 Å². The average molecular weight is 377 g/mol. The molecule has 8 nitrogen and oxygen atoms in total. The normalized spacial score (nSPS) is 14.1. The van der Waals surface area contributed by atoms with Crippen molar-refractivity contribution in [2.45, 2.75) is 13.8 Å². The number of nitrogens with one attached hydrogen (secondary N) is 2.